The lowest BCUT2D eigenvalue weighted by Gasteiger charge is -2.23. The Balaban J connectivity index is 1.58. The highest BCUT2D eigenvalue weighted by Crippen LogP contribution is 2.32. The number of urea groups is 1. The van der Waals surface area contributed by atoms with Gasteiger partial charge in [-0.2, -0.15) is 0 Å². The number of amides is 2. The third-order valence-electron chi connectivity index (χ3n) is 4.79. The number of carbonyl (C=O) groups excluding carboxylic acids is 1. The van der Waals surface area contributed by atoms with Crippen LogP contribution in [0.15, 0.2) is 24.3 Å². The fourth-order valence-corrected chi connectivity index (χ4v) is 5.29. The zero-order chi connectivity index (χ0) is 16.4. The van der Waals surface area contributed by atoms with Gasteiger partial charge < -0.3 is 10.2 Å². The maximum absolute atomic E-state index is 12.4. The molecule has 23 heavy (non-hydrogen) atoms. The van der Waals surface area contributed by atoms with Crippen LogP contribution in [0.1, 0.15) is 30.4 Å². The van der Waals surface area contributed by atoms with Crippen molar-refractivity contribution in [3.8, 4) is 0 Å². The first-order chi connectivity index (χ1) is 10.9. The Labute approximate surface area is 138 Å². The predicted molar refractivity (Wildman–Crippen MR) is 90.3 cm³/mol. The molecule has 0 radical (unpaired) electrons. The molecule has 2 aliphatic rings. The predicted octanol–water partition coefficient (Wildman–Crippen LogP) is 1.79. The van der Waals surface area contributed by atoms with E-state index in [1.165, 1.54) is 11.1 Å². The second kappa shape index (κ2) is 6.51. The number of sulfone groups is 1. The van der Waals surface area contributed by atoms with Gasteiger partial charge in [0, 0.05) is 25.6 Å². The smallest absolute Gasteiger partial charge is 0.317 e. The lowest BCUT2D eigenvalue weighted by Crippen LogP contribution is -2.43. The molecule has 1 aromatic carbocycles. The minimum Gasteiger partial charge on any atom is -0.337 e. The summed E-state index contributed by atoms with van der Waals surface area (Å²) in [7, 11) is -3.03. The van der Waals surface area contributed by atoms with E-state index in [9.17, 15) is 13.2 Å². The van der Waals surface area contributed by atoms with Gasteiger partial charge in [0.05, 0.1) is 11.5 Å². The van der Waals surface area contributed by atoms with Gasteiger partial charge in [-0.05, 0) is 29.9 Å². The molecule has 1 aromatic rings. The Hall–Kier alpha value is -1.56. The highest BCUT2D eigenvalue weighted by molar-refractivity contribution is 7.91. The minimum atomic E-state index is -3.03. The van der Waals surface area contributed by atoms with Crippen molar-refractivity contribution in [2.24, 2.45) is 5.92 Å². The summed E-state index contributed by atoms with van der Waals surface area (Å²) >= 11 is 0. The van der Waals surface area contributed by atoms with Crippen LogP contribution in [0.3, 0.4) is 0 Å². The van der Waals surface area contributed by atoms with Crippen LogP contribution in [0.5, 0.6) is 0 Å². The summed E-state index contributed by atoms with van der Waals surface area (Å²) in [4.78, 5) is 14.0. The number of fused-ring (bicyclic) bond motifs is 1. The fraction of sp³-hybridized carbons (Fsp3) is 0.588. The Morgan fingerprint density at radius 1 is 1.35 bits per heavy atom. The minimum absolute atomic E-state index is 0.0135. The Morgan fingerprint density at radius 3 is 2.96 bits per heavy atom. The van der Waals surface area contributed by atoms with Crippen molar-refractivity contribution in [3.05, 3.63) is 35.4 Å². The van der Waals surface area contributed by atoms with Crippen LogP contribution in [-0.4, -0.2) is 50.5 Å². The van der Waals surface area contributed by atoms with Crippen LogP contribution >= 0.6 is 0 Å². The first kappa shape index (κ1) is 16.3. The maximum Gasteiger partial charge on any atom is 0.317 e. The molecule has 1 N–H and O–H groups in total. The fourth-order valence-electron chi connectivity index (χ4n) is 3.65. The maximum atomic E-state index is 12.4. The highest BCUT2D eigenvalue weighted by atomic mass is 32.2. The molecule has 0 saturated carbocycles. The zero-order valence-electron chi connectivity index (χ0n) is 13.5. The molecule has 1 fully saturated rings. The third-order valence-corrected chi connectivity index (χ3v) is 6.67. The molecule has 1 saturated heterocycles. The average molecular weight is 336 g/mol. The van der Waals surface area contributed by atoms with Gasteiger partial charge in [0.15, 0.2) is 9.84 Å². The van der Waals surface area contributed by atoms with E-state index < -0.39 is 9.84 Å². The van der Waals surface area contributed by atoms with E-state index in [4.69, 9.17) is 0 Å². The molecule has 5 nitrogen and oxygen atoms in total. The molecule has 3 rings (SSSR count). The van der Waals surface area contributed by atoms with Crippen molar-refractivity contribution in [2.45, 2.75) is 25.7 Å². The average Bonchev–Trinajstić information content (AvgIpc) is 2.85. The van der Waals surface area contributed by atoms with Crippen LogP contribution in [0.4, 0.5) is 4.79 Å². The number of rotatable bonds is 2. The van der Waals surface area contributed by atoms with E-state index in [1.54, 1.807) is 4.90 Å². The van der Waals surface area contributed by atoms with Gasteiger partial charge in [0.2, 0.25) is 0 Å². The quantitative estimate of drug-likeness (QED) is 0.895. The highest BCUT2D eigenvalue weighted by Gasteiger charge is 2.28. The third kappa shape index (κ3) is 3.86. The number of nitrogens with zero attached hydrogens (tertiary/aromatic N) is 1. The second-order valence-electron chi connectivity index (χ2n) is 6.79. The zero-order valence-corrected chi connectivity index (χ0v) is 14.3. The molecule has 0 aromatic heterocycles. The van der Waals surface area contributed by atoms with E-state index in [0.29, 0.717) is 25.6 Å². The van der Waals surface area contributed by atoms with E-state index in [0.717, 1.165) is 12.8 Å². The molecular formula is C17H24N2O3S. The Morgan fingerprint density at radius 2 is 2.13 bits per heavy atom. The molecule has 6 heteroatoms. The van der Waals surface area contributed by atoms with Gasteiger partial charge >= 0.3 is 6.03 Å². The van der Waals surface area contributed by atoms with Gasteiger partial charge in [-0.3, -0.25) is 0 Å². The summed E-state index contributed by atoms with van der Waals surface area (Å²) in [6, 6.07) is 8.25. The van der Waals surface area contributed by atoms with Crippen LogP contribution < -0.4 is 5.32 Å². The van der Waals surface area contributed by atoms with Gasteiger partial charge in [-0.15, -0.1) is 0 Å². The molecule has 1 aliphatic heterocycles. The molecule has 2 amide bonds. The van der Waals surface area contributed by atoms with E-state index >= 15 is 0 Å². The number of nitrogens with one attached hydrogen (secondary N) is 1. The lowest BCUT2D eigenvalue weighted by atomic mass is 10.0. The van der Waals surface area contributed by atoms with Crippen molar-refractivity contribution < 1.29 is 13.2 Å². The summed E-state index contributed by atoms with van der Waals surface area (Å²) in [5.74, 6) is 0.591. The summed E-state index contributed by atoms with van der Waals surface area (Å²) in [5, 5.41) is 3.00. The summed E-state index contributed by atoms with van der Waals surface area (Å²) in [6.07, 6.45) is 2.13. The number of benzene rings is 1. The van der Waals surface area contributed by atoms with Crippen molar-refractivity contribution >= 4 is 15.9 Å². The number of hydrogen-bond acceptors (Lipinski definition) is 3. The molecule has 1 heterocycles. The SMILES string of the molecule is C[C@@H]1CN(C(=O)NC[C@H]2CCc3ccccc32)CCS(=O)(=O)C1. The Bertz CT molecular complexity index is 687. The van der Waals surface area contributed by atoms with Gasteiger partial charge in [0.25, 0.3) is 0 Å². The molecular weight excluding hydrogens is 312 g/mol. The van der Waals surface area contributed by atoms with Crippen LogP contribution in [0.25, 0.3) is 0 Å². The van der Waals surface area contributed by atoms with E-state index in [-0.39, 0.29) is 23.5 Å². The summed E-state index contributed by atoms with van der Waals surface area (Å²) in [5.41, 5.74) is 2.71. The van der Waals surface area contributed by atoms with Crippen molar-refractivity contribution in [1.29, 1.82) is 0 Å². The van der Waals surface area contributed by atoms with E-state index in [2.05, 4.69) is 23.5 Å². The van der Waals surface area contributed by atoms with Crippen LogP contribution in [0.2, 0.25) is 0 Å². The molecule has 1 aliphatic carbocycles. The lowest BCUT2D eigenvalue weighted by molar-refractivity contribution is 0.195. The molecule has 0 spiro atoms. The molecule has 126 valence electrons. The summed E-state index contributed by atoms with van der Waals surface area (Å²) < 4.78 is 23.6. The largest absolute Gasteiger partial charge is 0.337 e. The van der Waals surface area contributed by atoms with Crippen molar-refractivity contribution in [3.63, 3.8) is 0 Å². The molecule has 0 unspecified atom stereocenters. The summed E-state index contributed by atoms with van der Waals surface area (Å²) in [6.45, 7) is 3.30. The van der Waals surface area contributed by atoms with Crippen LogP contribution in [0, 0.1) is 5.92 Å². The van der Waals surface area contributed by atoms with Crippen molar-refractivity contribution in [1.82, 2.24) is 10.2 Å². The monoisotopic (exact) mass is 336 g/mol. The molecule has 2 atom stereocenters. The first-order valence-electron chi connectivity index (χ1n) is 8.25. The number of aryl methyl sites for hydroxylation is 1. The van der Waals surface area contributed by atoms with Gasteiger partial charge in [0.1, 0.15) is 0 Å². The first-order valence-corrected chi connectivity index (χ1v) is 10.1. The Kier molecular flexibility index (Phi) is 4.62. The van der Waals surface area contributed by atoms with Gasteiger partial charge in [-0.25, -0.2) is 13.2 Å². The number of hydrogen-bond donors (Lipinski definition) is 1. The normalized spacial score (nSPS) is 26.4. The van der Waals surface area contributed by atoms with E-state index in [1.807, 2.05) is 13.0 Å². The number of carbonyl (C=O) groups is 1. The van der Waals surface area contributed by atoms with Crippen LogP contribution in [-0.2, 0) is 16.3 Å². The second-order valence-corrected chi connectivity index (χ2v) is 9.01. The standard InChI is InChI=1S/C17H24N2O3S/c1-13-11-19(8-9-23(21,22)12-13)17(20)18-10-15-7-6-14-4-2-3-5-16(14)15/h2-5,13,15H,6-12H2,1H3,(H,18,20)/t13-,15-/m1/s1. The topological polar surface area (TPSA) is 66.5 Å². The molecule has 0 bridgehead atoms. The van der Waals surface area contributed by atoms with Crippen molar-refractivity contribution in [2.75, 3.05) is 31.1 Å². The van der Waals surface area contributed by atoms with Gasteiger partial charge in [-0.1, -0.05) is 31.2 Å².